The Balaban J connectivity index is 1.87. The SMILES string of the molecule is C=CC(=O)OC(CCCCCCCC)CCCOc1ccccc1-c1cnc(C(=O)O)cn1. The first-order valence-electron chi connectivity index (χ1n) is 11.7. The highest BCUT2D eigenvalue weighted by Crippen LogP contribution is 2.28. The number of nitrogens with zero attached hydrogens (tertiary/aromatic N) is 2. The van der Waals surface area contributed by atoms with Crippen LogP contribution >= 0.6 is 0 Å². The average Bonchev–Trinajstić information content (AvgIpc) is 2.83. The molecule has 1 atom stereocenters. The first-order chi connectivity index (χ1) is 16.0. The van der Waals surface area contributed by atoms with Gasteiger partial charge in [-0.1, -0.05) is 57.7 Å². The van der Waals surface area contributed by atoms with Crippen LogP contribution < -0.4 is 4.74 Å². The second kappa shape index (κ2) is 14.8. The second-order valence-electron chi connectivity index (χ2n) is 7.90. The number of hydrogen-bond acceptors (Lipinski definition) is 6. The van der Waals surface area contributed by atoms with Crippen molar-refractivity contribution in [3.63, 3.8) is 0 Å². The van der Waals surface area contributed by atoms with Crippen LogP contribution in [0, 0.1) is 0 Å². The number of ether oxygens (including phenoxy) is 2. The number of rotatable bonds is 16. The van der Waals surface area contributed by atoms with Gasteiger partial charge in [0.05, 0.1) is 24.7 Å². The summed E-state index contributed by atoms with van der Waals surface area (Å²) < 4.78 is 11.5. The molecule has 0 aliphatic heterocycles. The van der Waals surface area contributed by atoms with Crippen molar-refractivity contribution in [1.29, 1.82) is 0 Å². The summed E-state index contributed by atoms with van der Waals surface area (Å²) in [6, 6.07) is 7.42. The largest absolute Gasteiger partial charge is 0.493 e. The van der Waals surface area contributed by atoms with E-state index in [4.69, 9.17) is 14.6 Å². The Morgan fingerprint density at radius 1 is 1.03 bits per heavy atom. The van der Waals surface area contributed by atoms with E-state index in [0.29, 0.717) is 24.5 Å². The van der Waals surface area contributed by atoms with Crippen molar-refractivity contribution in [1.82, 2.24) is 9.97 Å². The predicted octanol–water partition coefficient (Wildman–Crippen LogP) is 5.85. The summed E-state index contributed by atoms with van der Waals surface area (Å²) in [4.78, 5) is 30.8. The molecule has 1 N–H and O–H groups in total. The van der Waals surface area contributed by atoms with Gasteiger partial charge in [-0.05, 0) is 37.8 Å². The van der Waals surface area contributed by atoms with Crippen molar-refractivity contribution in [3.05, 3.63) is 55.0 Å². The number of aromatic nitrogens is 2. The van der Waals surface area contributed by atoms with Gasteiger partial charge < -0.3 is 14.6 Å². The molecule has 1 heterocycles. The summed E-state index contributed by atoms with van der Waals surface area (Å²) in [6.07, 6.45) is 13.1. The minimum Gasteiger partial charge on any atom is -0.493 e. The van der Waals surface area contributed by atoms with Gasteiger partial charge in [-0.2, -0.15) is 0 Å². The van der Waals surface area contributed by atoms with Crippen LogP contribution in [0.3, 0.4) is 0 Å². The fourth-order valence-corrected chi connectivity index (χ4v) is 3.50. The van der Waals surface area contributed by atoms with Crippen molar-refractivity contribution in [2.75, 3.05) is 6.61 Å². The van der Waals surface area contributed by atoms with Gasteiger partial charge in [0.2, 0.25) is 0 Å². The second-order valence-corrected chi connectivity index (χ2v) is 7.90. The summed E-state index contributed by atoms with van der Waals surface area (Å²) in [7, 11) is 0. The topological polar surface area (TPSA) is 98.6 Å². The molecule has 33 heavy (non-hydrogen) atoms. The molecule has 0 saturated heterocycles. The Bertz CT molecular complexity index is 883. The normalized spacial score (nSPS) is 11.5. The van der Waals surface area contributed by atoms with Crippen molar-refractivity contribution >= 4 is 11.9 Å². The summed E-state index contributed by atoms with van der Waals surface area (Å²) in [5, 5.41) is 9.00. The molecule has 1 aromatic heterocycles. The van der Waals surface area contributed by atoms with E-state index in [2.05, 4.69) is 23.5 Å². The molecule has 0 amide bonds. The van der Waals surface area contributed by atoms with Crippen LogP contribution in [0.25, 0.3) is 11.3 Å². The van der Waals surface area contributed by atoms with Crippen molar-refractivity contribution in [3.8, 4) is 17.0 Å². The number of carbonyl (C=O) groups excluding carboxylic acids is 1. The molecular formula is C26H34N2O5. The average molecular weight is 455 g/mol. The quantitative estimate of drug-likeness (QED) is 0.193. The molecule has 0 bridgehead atoms. The molecule has 0 spiro atoms. The monoisotopic (exact) mass is 454 g/mol. The molecule has 7 heteroatoms. The smallest absolute Gasteiger partial charge is 0.356 e. The number of benzene rings is 1. The van der Waals surface area contributed by atoms with Gasteiger partial charge >= 0.3 is 11.9 Å². The predicted molar refractivity (Wildman–Crippen MR) is 127 cm³/mol. The first-order valence-corrected chi connectivity index (χ1v) is 11.7. The highest BCUT2D eigenvalue weighted by molar-refractivity contribution is 5.85. The van der Waals surface area contributed by atoms with E-state index in [0.717, 1.165) is 31.2 Å². The molecule has 2 rings (SSSR count). The lowest BCUT2D eigenvalue weighted by atomic mass is 10.0. The van der Waals surface area contributed by atoms with Crippen molar-refractivity contribution in [2.45, 2.75) is 70.8 Å². The molecule has 0 saturated carbocycles. The fourth-order valence-electron chi connectivity index (χ4n) is 3.50. The lowest BCUT2D eigenvalue weighted by Crippen LogP contribution is -2.18. The fraction of sp³-hybridized carbons (Fsp3) is 0.462. The Labute approximate surface area is 195 Å². The van der Waals surface area contributed by atoms with Crippen molar-refractivity contribution in [2.24, 2.45) is 0 Å². The van der Waals surface area contributed by atoms with Gasteiger partial charge in [-0.3, -0.25) is 4.98 Å². The van der Waals surface area contributed by atoms with E-state index in [1.54, 1.807) is 0 Å². The van der Waals surface area contributed by atoms with Crippen LogP contribution in [0.2, 0.25) is 0 Å². The zero-order chi connectivity index (χ0) is 23.9. The van der Waals surface area contributed by atoms with Crippen LogP contribution in [0.4, 0.5) is 0 Å². The Morgan fingerprint density at radius 3 is 2.45 bits per heavy atom. The standard InChI is InChI=1S/C26H34N2O5/c1-3-5-6-7-8-9-13-20(33-25(29)4-2)14-12-17-32-24-16-11-10-15-21(24)22-18-28-23(19-27-22)26(30)31/h4,10-11,15-16,18-20H,2-3,5-9,12-14,17H2,1H3,(H,30,31). The van der Waals surface area contributed by atoms with Gasteiger partial charge in [-0.15, -0.1) is 0 Å². The van der Waals surface area contributed by atoms with Gasteiger partial charge in [0.15, 0.2) is 5.69 Å². The Hall–Kier alpha value is -3.22. The van der Waals surface area contributed by atoms with Crippen LogP contribution in [0.15, 0.2) is 49.3 Å². The van der Waals surface area contributed by atoms with Crippen LogP contribution in [-0.4, -0.2) is 39.7 Å². The number of aromatic carboxylic acids is 1. The summed E-state index contributed by atoms with van der Waals surface area (Å²) >= 11 is 0. The van der Waals surface area contributed by atoms with Crippen molar-refractivity contribution < 1.29 is 24.2 Å². The highest BCUT2D eigenvalue weighted by atomic mass is 16.5. The third-order valence-corrected chi connectivity index (χ3v) is 5.29. The lowest BCUT2D eigenvalue weighted by molar-refractivity contribution is -0.143. The van der Waals surface area contributed by atoms with E-state index in [1.165, 1.54) is 44.2 Å². The highest BCUT2D eigenvalue weighted by Gasteiger charge is 2.14. The summed E-state index contributed by atoms with van der Waals surface area (Å²) in [5.41, 5.74) is 1.17. The van der Waals surface area contributed by atoms with Gasteiger partial charge in [0.25, 0.3) is 0 Å². The van der Waals surface area contributed by atoms with Gasteiger partial charge in [-0.25, -0.2) is 14.6 Å². The van der Waals surface area contributed by atoms with Crippen LogP contribution in [0.1, 0.15) is 75.2 Å². The molecule has 2 aromatic rings. The van der Waals surface area contributed by atoms with Crippen LogP contribution in [-0.2, 0) is 9.53 Å². The van der Waals surface area contributed by atoms with Gasteiger partial charge in [0, 0.05) is 11.6 Å². The maximum absolute atomic E-state index is 11.7. The number of carboxylic acid groups (broad SMARTS) is 1. The molecule has 0 fully saturated rings. The summed E-state index contributed by atoms with van der Waals surface area (Å²) in [6.45, 7) is 6.15. The zero-order valence-electron chi connectivity index (χ0n) is 19.4. The number of esters is 1. The molecule has 0 aliphatic rings. The zero-order valence-corrected chi connectivity index (χ0v) is 19.4. The van der Waals surface area contributed by atoms with E-state index in [1.807, 2.05) is 24.3 Å². The summed E-state index contributed by atoms with van der Waals surface area (Å²) in [5.74, 6) is -0.864. The Morgan fingerprint density at radius 2 is 1.76 bits per heavy atom. The third-order valence-electron chi connectivity index (χ3n) is 5.29. The Kier molecular flexibility index (Phi) is 11.7. The van der Waals surface area contributed by atoms with E-state index in [9.17, 15) is 9.59 Å². The number of carbonyl (C=O) groups is 2. The van der Waals surface area contributed by atoms with Gasteiger partial charge in [0.1, 0.15) is 11.9 Å². The van der Waals surface area contributed by atoms with E-state index in [-0.39, 0.29) is 17.8 Å². The maximum Gasteiger partial charge on any atom is 0.356 e. The molecule has 1 unspecified atom stereocenters. The number of unbranched alkanes of at least 4 members (excludes halogenated alkanes) is 5. The molecule has 1 aromatic carbocycles. The van der Waals surface area contributed by atoms with E-state index < -0.39 is 5.97 Å². The lowest BCUT2D eigenvalue weighted by Gasteiger charge is -2.17. The van der Waals surface area contributed by atoms with E-state index >= 15 is 0 Å². The minimum atomic E-state index is -1.12. The molecular weight excluding hydrogens is 420 g/mol. The molecule has 0 aliphatic carbocycles. The molecule has 7 nitrogen and oxygen atoms in total. The number of para-hydroxylation sites is 1. The number of hydrogen-bond donors (Lipinski definition) is 1. The molecule has 0 radical (unpaired) electrons. The maximum atomic E-state index is 11.7. The minimum absolute atomic E-state index is 0.109. The number of carboxylic acids is 1. The molecule has 178 valence electrons. The van der Waals surface area contributed by atoms with Crippen LogP contribution in [0.5, 0.6) is 5.75 Å². The third kappa shape index (κ3) is 9.43. The first kappa shape index (κ1) is 26.0.